The molecule has 0 radical (unpaired) electrons. The Morgan fingerprint density at radius 1 is 1.08 bits per heavy atom. The molecule has 3 N–H and O–H groups in total. The summed E-state index contributed by atoms with van der Waals surface area (Å²) in [5.41, 5.74) is 10.00. The molecule has 0 spiro atoms. The number of aryl methyl sites for hydroxylation is 2. The van der Waals surface area contributed by atoms with E-state index in [0.29, 0.717) is 15.6 Å². The van der Waals surface area contributed by atoms with Crippen LogP contribution in [0.2, 0.25) is 0 Å². The predicted octanol–water partition coefficient (Wildman–Crippen LogP) is 4.82. The molecular formula is C20H21N3OS. The summed E-state index contributed by atoms with van der Waals surface area (Å²) in [6.45, 7) is 4.20. The average molecular weight is 351 g/mol. The number of nitrogens with one attached hydrogen (secondary N) is 1. The summed E-state index contributed by atoms with van der Waals surface area (Å²) < 4.78 is 0. The SMILES string of the molecule is CCc1ccc(C(=O)c2sc(Nc3cccc(CC)c3)nc2N)cc1. The Morgan fingerprint density at radius 3 is 2.48 bits per heavy atom. The van der Waals surface area contributed by atoms with Gasteiger partial charge in [-0.2, -0.15) is 0 Å². The number of carbonyl (C=O) groups is 1. The monoisotopic (exact) mass is 351 g/mol. The number of nitrogens with two attached hydrogens (primary N) is 1. The Labute approximate surface area is 151 Å². The lowest BCUT2D eigenvalue weighted by Gasteiger charge is -2.04. The molecule has 0 saturated carbocycles. The maximum atomic E-state index is 12.7. The van der Waals surface area contributed by atoms with Gasteiger partial charge in [-0.1, -0.05) is 61.6 Å². The molecule has 0 atom stereocenters. The van der Waals surface area contributed by atoms with Gasteiger partial charge in [0.05, 0.1) is 0 Å². The van der Waals surface area contributed by atoms with Crippen LogP contribution < -0.4 is 11.1 Å². The number of nitrogen functional groups attached to an aromatic ring is 1. The Morgan fingerprint density at radius 2 is 1.80 bits per heavy atom. The molecule has 128 valence electrons. The van der Waals surface area contributed by atoms with Gasteiger partial charge < -0.3 is 11.1 Å². The number of thiazole rings is 1. The summed E-state index contributed by atoms with van der Waals surface area (Å²) in [6.07, 6.45) is 1.91. The van der Waals surface area contributed by atoms with Crippen molar-refractivity contribution >= 4 is 33.8 Å². The zero-order valence-corrected chi connectivity index (χ0v) is 15.2. The summed E-state index contributed by atoms with van der Waals surface area (Å²) in [6, 6.07) is 15.8. The lowest BCUT2D eigenvalue weighted by molar-refractivity contribution is 0.104. The first kappa shape index (κ1) is 17.2. The van der Waals surface area contributed by atoms with Gasteiger partial charge in [-0.15, -0.1) is 0 Å². The molecule has 3 rings (SSSR count). The van der Waals surface area contributed by atoms with E-state index in [4.69, 9.17) is 5.73 Å². The van der Waals surface area contributed by atoms with E-state index < -0.39 is 0 Å². The van der Waals surface area contributed by atoms with Crippen LogP contribution in [0.4, 0.5) is 16.6 Å². The normalized spacial score (nSPS) is 10.6. The molecule has 0 unspecified atom stereocenters. The third kappa shape index (κ3) is 3.88. The number of nitrogens with zero attached hydrogens (tertiary/aromatic N) is 1. The van der Waals surface area contributed by atoms with Crippen LogP contribution in [-0.2, 0) is 12.8 Å². The second kappa shape index (κ2) is 7.49. The average Bonchev–Trinajstić information content (AvgIpc) is 3.01. The largest absolute Gasteiger partial charge is 0.382 e. The molecule has 0 saturated heterocycles. The summed E-state index contributed by atoms with van der Waals surface area (Å²) in [5.74, 6) is 0.178. The number of rotatable bonds is 6. The lowest BCUT2D eigenvalue weighted by atomic mass is 10.1. The topological polar surface area (TPSA) is 68.0 Å². The number of ketones is 1. The zero-order chi connectivity index (χ0) is 17.8. The van der Waals surface area contributed by atoms with E-state index >= 15 is 0 Å². The molecule has 25 heavy (non-hydrogen) atoms. The smallest absolute Gasteiger partial charge is 0.206 e. The molecule has 1 heterocycles. The summed E-state index contributed by atoms with van der Waals surface area (Å²) in [7, 11) is 0. The second-order valence-corrected chi connectivity index (χ2v) is 6.79. The number of carbonyl (C=O) groups excluding carboxylic acids is 1. The highest BCUT2D eigenvalue weighted by Crippen LogP contribution is 2.30. The zero-order valence-electron chi connectivity index (χ0n) is 14.4. The van der Waals surface area contributed by atoms with Gasteiger partial charge in [0.2, 0.25) is 5.78 Å². The molecule has 0 aliphatic carbocycles. The Bertz CT molecular complexity index is 884. The quantitative estimate of drug-likeness (QED) is 0.625. The minimum Gasteiger partial charge on any atom is -0.382 e. The number of hydrogen-bond acceptors (Lipinski definition) is 5. The molecule has 0 aliphatic heterocycles. The van der Waals surface area contributed by atoms with Gasteiger partial charge >= 0.3 is 0 Å². The van der Waals surface area contributed by atoms with E-state index in [9.17, 15) is 4.79 Å². The van der Waals surface area contributed by atoms with Gasteiger partial charge in [-0.25, -0.2) is 4.98 Å². The van der Waals surface area contributed by atoms with Crippen molar-refractivity contribution < 1.29 is 4.79 Å². The van der Waals surface area contributed by atoms with E-state index in [1.54, 1.807) is 0 Å². The van der Waals surface area contributed by atoms with Gasteiger partial charge in [0, 0.05) is 11.3 Å². The highest BCUT2D eigenvalue weighted by Gasteiger charge is 2.18. The predicted molar refractivity (Wildman–Crippen MR) is 105 cm³/mol. The molecule has 0 bridgehead atoms. The van der Waals surface area contributed by atoms with Gasteiger partial charge in [0.25, 0.3) is 0 Å². The first-order chi connectivity index (χ1) is 12.1. The highest BCUT2D eigenvalue weighted by atomic mass is 32.1. The van der Waals surface area contributed by atoms with Crippen molar-refractivity contribution in [1.82, 2.24) is 4.98 Å². The molecule has 2 aromatic carbocycles. The van der Waals surface area contributed by atoms with E-state index in [1.807, 2.05) is 36.4 Å². The van der Waals surface area contributed by atoms with Crippen LogP contribution in [0.15, 0.2) is 48.5 Å². The number of aromatic nitrogens is 1. The number of anilines is 3. The van der Waals surface area contributed by atoms with Crippen molar-refractivity contribution in [1.29, 1.82) is 0 Å². The maximum absolute atomic E-state index is 12.7. The summed E-state index contributed by atoms with van der Waals surface area (Å²) in [4.78, 5) is 17.5. The van der Waals surface area contributed by atoms with E-state index in [-0.39, 0.29) is 11.6 Å². The standard InChI is InChI=1S/C20H21N3OS/c1-3-13-8-10-15(11-9-13)17(24)18-19(21)23-20(25-18)22-16-7-5-6-14(4-2)12-16/h5-12H,3-4,21H2,1-2H3,(H,22,23). The van der Waals surface area contributed by atoms with E-state index in [1.165, 1.54) is 22.5 Å². The Hall–Kier alpha value is -2.66. The minimum absolute atomic E-state index is 0.0898. The third-order valence-corrected chi connectivity index (χ3v) is 5.06. The van der Waals surface area contributed by atoms with E-state index in [0.717, 1.165) is 18.5 Å². The fraction of sp³-hybridized carbons (Fsp3) is 0.200. The summed E-state index contributed by atoms with van der Waals surface area (Å²) in [5, 5.41) is 3.86. The Kier molecular flexibility index (Phi) is 5.14. The van der Waals surface area contributed by atoms with Crippen LogP contribution in [0.3, 0.4) is 0 Å². The first-order valence-corrected chi connectivity index (χ1v) is 9.18. The first-order valence-electron chi connectivity index (χ1n) is 8.36. The molecule has 5 heteroatoms. The summed E-state index contributed by atoms with van der Waals surface area (Å²) >= 11 is 1.28. The Balaban J connectivity index is 1.82. The van der Waals surface area contributed by atoms with Crippen LogP contribution in [0.1, 0.15) is 40.2 Å². The van der Waals surface area contributed by atoms with Gasteiger partial charge in [0.1, 0.15) is 10.7 Å². The van der Waals surface area contributed by atoms with Crippen LogP contribution in [-0.4, -0.2) is 10.8 Å². The number of benzene rings is 2. The molecular weight excluding hydrogens is 330 g/mol. The molecule has 0 amide bonds. The van der Waals surface area contributed by atoms with Crippen molar-refractivity contribution in [3.8, 4) is 0 Å². The second-order valence-electron chi connectivity index (χ2n) is 5.79. The van der Waals surface area contributed by atoms with Crippen LogP contribution >= 0.6 is 11.3 Å². The van der Waals surface area contributed by atoms with Crippen LogP contribution in [0, 0.1) is 0 Å². The molecule has 1 aromatic heterocycles. The fourth-order valence-electron chi connectivity index (χ4n) is 2.56. The molecule has 0 fully saturated rings. The third-order valence-electron chi connectivity index (χ3n) is 4.07. The van der Waals surface area contributed by atoms with Crippen molar-refractivity contribution in [3.05, 3.63) is 70.1 Å². The molecule has 3 aromatic rings. The van der Waals surface area contributed by atoms with Crippen molar-refractivity contribution in [2.45, 2.75) is 26.7 Å². The van der Waals surface area contributed by atoms with E-state index in [2.05, 4.69) is 36.3 Å². The maximum Gasteiger partial charge on any atom is 0.206 e. The van der Waals surface area contributed by atoms with Crippen LogP contribution in [0.25, 0.3) is 0 Å². The minimum atomic E-state index is -0.0898. The van der Waals surface area contributed by atoms with Gasteiger partial charge in [-0.05, 0) is 36.1 Å². The number of hydrogen-bond donors (Lipinski definition) is 2. The van der Waals surface area contributed by atoms with Crippen molar-refractivity contribution in [2.75, 3.05) is 11.1 Å². The van der Waals surface area contributed by atoms with Gasteiger partial charge in [-0.3, -0.25) is 4.79 Å². The highest BCUT2D eigenvalue weighted by molar-refractivity contribution is 7.18. The van der Waals surface area contributed by atoms with Crippen molar-refractivity contribution in [2.24, 2.45) is 0 Å². The molecule has 0 aliphatic rings. The molecule has 4 nitrogen and oxygen atoms in total. The lowest BCUT2D eigenvalue weighted by Crippen LogP contribution is -2.02. The van der Waals surface area contributed by atoms with Gasteiger partial charge in [0.15, 0.2) is 5.13 Å². The fourth-order valence-corrected chi connectivity index (χ4v) is 3.43. The van der Waals surface area contributed by atoms with Crippen molar-refractivity contribution in [3.63, 3.8) is 0 Å². The van der Waals surface area contributed by atoms with Crippen LogP contribution in [0.5, 0.6) is 0 Å².